The van der Waals surface area contributed by atoms with Crippen LogP contribution >= 0.6 is 11.3 Å². The zero-order chi connectivity index (χ0) is 21.1. The highest BCUT2D eigenvalue weighted by molar-refractivity contribution is 7.13. The Labute approximate surface area is 182 Å². The van der Waals surface area contributed by atoms with E-state index >= 15 is 0 Å². The molecule has 0 saturated heterocycles. The molecule has 6 heteroatoms. The molecule has 1 aliphatic rings. The summed E-state index contributed by atoms with van der Waals surface area (Å²) in [4.78, 5) is 4.69. The molecule has 0 atom stereocenters. The van der Waals surface area contributed by atoms with Crippen LogP contribution in [-0.2, 0) is 6.42 Å². The van der Waals surface area contributed by atoms with Gasteiger partial charge in [-0.3, -0.25) is 5.10 Å². The van der Waals surface area contributed by atoms with Gasteiger partial charge in [0.15, 0.2) is 0 Å². The van der Waals surface area contributed by atoms with Crippen molar-refractivity contribution in [2.45, 2.75) is 33.1 Å². The third kappa shape index (κ3) is 3.73. The Morgan fingerprint density at radius 2 is 2.07 bits per heavy atom. The molecule has 1 aromatic carbocycles. The van der Waals surface area contributed by atoms with Gasteiger partial charge in [-0.25, -0.2) is 0 Å². The van der Waals surface area contributed by atoms with Gasteiger partial charge in [0, 0.05) is 71.6 Å². The van der Waals surface area contributed by atoms with E-state index in [1.54, 1.807) is 11.3 Å². The first kappa shape index (κ1) is 20.2. The van der Waals surface area contributed by atoms with E-state index < -0.39 is 0 Å². The van der Waals surface area contributed by atoms with Crippen LogP contribution in [0, 0.1) is 17.4 Å². The summed E-state index contributed by atoms with van der Waals surface area (Å²) in [6.45, 7) is 6.43. The Morgan fingerprint density at radius 1 is 1.27 bits per heavy atom. The lowest BCUT2D eigenvalue weighted by Crippen LogP contribution is -2.19. The molecule has 0 unspecified atom stereocenters. The second kappa shape index (κ2) is 8.76. The van der Waals surface area contributed by atoms with E-state index in [9.17, 15) is 0 Å². The highest BCUT2D eigenvalue weighted by Crippen LogP contribution is 2.44. The Balaban J connectivity index is 1.61. The maximum Gasteiger partial charge on any atom is 0.0963 e. The summed E-state index contributed by atoms with van der Waals surface area (Å²) in [6.07, 6.45) is 4.49. The Bertz CT molecular complexity index is 1120. The van der Waals surface area contributed by atoms with Crippen LogP contribution in [-0.4, -0.2) is 41.4 Å². The molecule has 0 amide bonds. The lowest BCUT2D eigenvalue weighted by Gasteiger charge is -2.14. The predicted molar refractivity (Wildman–Crippen MR) is 127 cm³/mol. The summed E-state index contributed by atoms with van der Waals surface area (Å²) in [7, 11) is 1.88. The molecule has 0 radical (unpaired) electrons. The number of aromatic amines is 1. The number of aromatic nitrogens is 2. The number of anilines is 1. The van der Waals surface area contributed by atoms with E-state index in [1.807, 2.05) is 19.2 Å². The largest absolute Gasteiger partial charge is 0.388 e. The van der Waals surface area contributed by atoms with Gasteiger partial charge >= 0.3 is 0 Å². The summed E-state index contributed by atoms with van der Waals surface area (Å²) in [6, 6.07) is 11.6. The van der Waals surface area contributed by atoms with Gasteiger partial charge in [0.25, 0.3) is 0 Å². The molecule has 30 heavy (non-hydrogen) atoms. The molecule has 4 rings (SSSR count). The molecule has 0 spiro atoms. The van der Waals surface area contributed by atoms with Crippen molar-refractivity contribution in [2.24, 2.45) is 0 Å². The fraction of sp³-hybridized carbons (Fsp3) is 0.333. The molecular weight excluding hydrogens is 390 g/mol. The van der Waals surface area contributed by atoms with Crippen molar-refractivity contribution < 1.29 is 0 Å². The monoisotopic (exact) mass is 417 g/mol. The van der Waals surface area contributed by atoms with Crippen LogP contribution in [0.1, 0.15) is 47.6 Å². The number of rotatable bonds is 7. The number of hydrogen-bond donors (Lipinski definition) is 3. The smallest absolute Gasteiger partial charge is 0.0963 e. The highest BCUT2D eigenvalue weighted by atomic mass is 32.1. The third-order valence-electron chi connectivity index (χ3n) is 5.36. The maximum absolute atomic E-state index is 7.55. The number of nitrogens with zero attached hydrogens (tertiary/aromatic N) is 2. The minimum atomic E-state index is 0.871. The van der Waals surface area contributed by atoms with Crippen molar-refractivity contribution in [3.05, 3.63) is 45.1 Å². The summed E-state index contributed by atoms with van der Waals surface area (Å²) in [5.74, 6) is 3.37. The molecule has 0 fully saturated rings. The first-order chi connectivity index (χ1) is 14.7. The number of thiophene rings is 1. The lowest BCUT2D eigenvalue weighted by atomic mass is 10.0. The molecule has 1 aliphatic carbocycles. The first-order valence-corrected chi connectivity index (χ1v) is 11.3. The van der Waals surface area contributed by atoms with E-state index in [1.165, 1.54) is 22.2 Å². The zero-order valence-electron chi connectivity index (χ0n) is 17.7. The Hall–Kier alpha value is -3.04. The second-order valence-corrected chi connectivity index (χ2v) is 8.61. The highest BCUT2D eigenvalue weighted by Gasteiger charge is 2.27. The topological polar surface area (TPSA) is 67.8 Å². The van der Waals surface area contributed by atoms with Crippen LogP contribution in [0.3, 0.4) is 0 Å². The summed E-state index contributed by atoms with van der Waals surface area (Å²) in [5, 5.41) is 18.6. The number of nitrogens with one attached hydrogen (secondary N) is 3. The average molecular weight is 418 g/mol. The normalized spacial score (nSPS) is 11.4. The number of fused-ring (bicyclic) bond motifs is 3. The minimum absolute atomic E-state index is 0.871. The van der Waals surface area contributed by atoms with Gasteiger partial charge in [-0.2, -0.15) is 5.10 Å². The van der Waals surface area contributed by atoms with Crippen LogP contribution in [0.15, 0.2) is 24.3 Å². The van der Waals surface area contributed by atoms with Crippen molar-refractivity contribution in [1.82, 2.24) is 15.1 Å². The van der Waals surface area contributed by atoms with Crippen LogP contribution in [0.4, 0.5) is 5.69 Å². The van der Waals surface area contributed by atoms with Crippen molar-refractivity contribution in [3.63, 3.8) is 0 Å². The lowest BCUT2D eigenvalue weighted by molar-refractivity contribution is 0.397. The summed E-state index contributed by atoms with van der Waals surface area (Å²) in [5.41, 5.74) is 7.47. The van der Waals surface area contributed by atoms with E-state index in [-0.39, 0.29) is 0 Å². The van der Waals surface area contributed by atoms with Gasteiger partial charge in [0.2, 0.25) is 0 Å². The Kier molecular flexibility index (Phi) is 5.91. The molecule has 3 aromatic rings. The first-order valence-electron chi connectivity index (χ1n) is 10.5. The molecule has 0 bridgehead atoms. The van der Waals surface area contributed by atoms with Gasteiger partial charge in [-0.05, 0) is 30.9 Å². The molecule has 0 aliphatic heterocycles. The average Bonchev–Trinajstić information content (AvgIpc) is 3.43. The minimum Gasteiger partial charge on any atom is -0.388 e. The van der Waals surface area contributed by atoms with E-state index in [2.05, 4.69) is 58.4 Å². The summed E-state index contributed by atoms with van der Waals surface area (Å²) >= 11 is 1.79. The standard InChI is InChI=1S/C24H27N5S/c1-4-9-29(10-5-2)11-8-18-13-19-22(30-18)14-20-23(27-28-24(19)20)16-6-7-17(15-25)21(12-16)26-3/h6-7,12-13,15,25-26H,4-5,9-10,14H2,1-3H3,(H,27,28). The number of benzene rings is 1. The van der Waals surface area contributed by atoms with E-state index in [0.29, 0.717) is 0 Å². The fourth-order valence-corrected chi connectivity index (χ4v) is 4.96. The van der Waals surface area contributed by atoms with Crippen LogP contribution in [0.5, 0.6) is 0 Å². The molecule has 2 aromatic heterocycles. The second-order valence-electron chi connectivity index (χ2n) is 7.47. The van der Waals surface area contributed by atoms with Crippen molar-refractivity contribution in [1.29, 1.82) is 5.41 Å². The molecule has 5 nitrogen and oxygen atoms in total. The van der Waals surface area contributed by atoms with Crippen LogP contribution in [0.25, 0.3) is 22.5 Å². The fourth-order valence-electron chi connectivity index (χ4n) is 3.94. The van der Waals surface area contributed by atoms with E-state index in [4.69, 9.17) is 5.41 Å². The van der Waals surface area contributed by atoms with Crippen LogP contribution in [0.2, 0.25) is 0 Å². The van der Waals surface area contributed by atoms with E-state index in [0.717, 1.165) is 65.4 Å². The Morgan fingerprint density at radius 3 is 2.77 bits per heavy atom. The van der Waals surface area contributed by atoms with Gasteiger partial charge in [-0.15, -0.1) is 11.3 Å². The third-order valence-corrected chi connectivity index (χ3v) is 6.41. The molecular formula is C24H27N5S. The number of hydrogen-bond acceptors (Lipinski definition) is 5. The summed E-state index contributed by atoms with van der Waals surface area (Å²) < 4.78 is 0. The molecule has 2 heterocycles. The van der Waals surface area contributed by atoms with Gasteiger partial charge in [0.05, 0.1) is 16.3 Å². The SMILES string of the molecule is CCCN(C#Cc1cc2c(s1)Cc1c(-c3ccc(C=N)c(NC)c3)n[nH]c1-2)CCC. The van der Waals surface area contributed by atoms with Gasteiger partial charge in [-0.1, -0.05) is 26.0 Å². The molecule has 0 saturated carbocycles. The quantitative estimate of drug-likeness (QED) is 0.220. The van der Waals surface area contributed by atoms with Crippen molar-refractivity contribution in [3.8, 4) is 34.5 Å². The van der Waals surface area contributed by atoms with Crippen molar-refractivity contribution >= 4 is 23.2 Å². The number of H-pyrrole nitrogens is 1. The van der Waals surface area contributed by atoms with Crippen LogP contribution < -0.4 is 5.32 Å². The maximum atomic E-state index is 7.55. The van der Waals surface area contributed by atoms with Gasteiger partial charge < -0.3 is 15.6 Å². The predicted octanol–water partition coefficient (Wildman–Crippen LogP) is 5.18. The molecule has 3 N–H and O–H groups in total. The van der Waals surface area contributed by atoms with Gasteiger partial charge in [0.1, 0.15) is 0 Å². The zero-order valence-corrected chi connectivity index (χ0v) is 18.5. The molecule has 154 valence electrons. The van der Waals surface area contributed by atoms with Crippen molar-refractivity contribution in [2.75, 3.05) is 25.5 Å².